The van der Waals surface area contributed by atoms with Crippen LogP contribution < -0.4 is 5.32 Å². The van der Waals surface area contributed by atoms with Gasteiger partial charge in [0.25, 0.3) is 0 Å². The number of aliphatic hydroxyl groups is 1. The Morgan fingerprint density at radius 2 is 1.95 bits per heavy atom. The third-order valence-corrected chi connectivity index (χ3v) is 3.98. The van der Waals surface area contributed by atoms with Gasteiger partial charge in [0, 0.05) is 30.5 Å². The number of rotatable bonds is 7. The van der Waals surface area contributed by atoms with Crippen LogP contribution in [0.1, 0.15) is 36.7 Å². The average molecular weight is 287 g/mol. The van der Waals surface area contributed by atoms with Crippen molar-refractivity contribution in [1.82, 2.24) is 15.1 Å². The van der Waals surface area contributed by atoms with E-state index >= 15 is 0 Å². The maximum absolute atomic E-state index is 9.07. The SMILES string of the molecule is CCC(CCO)NCc1c(C)nn(-c2ccccc2)c1C. The maximum Gasteiger partial charge on any atom is 0.0648 e. The van der Waals surface area contributed by atoms with E-state index in [-0.39, 0.29) is 6.61 Å². The molecule has 21 heavy (non-hydrogen) atoms. The van der Waals surface area contributed by atoms with E-state index in [1.54, 1.807) is 0 Å². The number of aryl methyl sites for hydroxylation is 1. The molecule has 1 atom stereocenters. The van der Waals surface area contributed by atoms with Crippen LogP contribution in [0.5, 0.6) is 0 Å². The van der Waals surface area contributed by atoms with Gasteiger partial charge in [-0.05, 0) is 38.8 Å². The largest absolute Gasteiger partial charge is 0.396 e. The average Bonchev–Trinajstić information content (AvgIpc) is 2.79. The summed E-state index contributed by atoms with van der Waals surface area (Å²) in [5.74, 6) is 0. The molecular formula is C17H25N3O. The number of nitrogens with one attached hydrogen (secondary N) is 1. The normalized spacial score (nSPS) is 12.6. The number of hydrogen-bond donors (Lipinski definition) is 2. The van der Waals surface area contributed by atoms with E-state index in [2.05, 4.69) is 43.3 Å². The fourth-order valence-electron chi connectivity index (χ4n) is 2.60. The molecule has 0 saturated carbocycles. The number of aromatic nitrogens is 2. The van der Waals surface area contributed by atoms with Gasteiger partial charge in [0.05, 0.1) is 11.4 Å². The minimum atomic E-state index is 0.229. The minimum Gasteiger partial charge on any atom is -0.396 e. The van der Waals surface area contributed by atoms with Gasteiger partial charge in [0.1, 0.15) is 0 Å². The Labute approximate surface area is 126 Å². The van der Waals surface area contributed by atoms with Crippen LogP contribution in [-0.2, 0) is 6.54 Å². The van der Waals surface area contributed by atoms with Crippen molar-refractivity contribution in [3.8, 4) is 5.69 Å². The van der Waals surface area contributed by atoms with Crippen LogP contribution >= 0.6 is 0 Å². The van der Waals surface area contributed by atoms with E-state index in [1.165, 1.54) is 11.3 Å². The molecule has 1 heterocycles. The summed E-state index contributed by atoms with van der Waals surface area (Å²) in [5, 5.41) is 17.2. The molecule has 1 unspecified atom stereocenters. The molecule has 0 aliphatic rings. The van der Waals surface area contributed by atoms with E-state index in [0.717, 1.165) is 30.8 Å². The lowest BCUT2D eigenvalue weighted by Gasteiger charge is -2.15. The van der Waals surface area contributed by atoms with Crippen molar-refractivity contribution in [2.24, 2.45) is 0 Å². The smallest absolute Gasteiger partial charge is 0.0648 e. The van der Waals surface area contributed by atoms with Crippen LogP contribution in [0, 0.1) is 13.8 Å². The summed E-state index contributed by atoms with van der Waals surface area (Å²) in [6.45, 7) is 7.32. The first-order valence-electron chi connectivity index (χ1n) is 7.62. The van der Waals surface area contributed by atoms with E-state index < -0.39 is 0 Å². The number of para-hydroxylation sites is 1. The highest BCUT2D eigenvalue weighted by molar-refractivity contribution is 5.36. The van der Waals surface area contributed by atoms with E-state index in [9.17, 15) is 0 Å². The molecule has 0 aliphatic heterocycles. The van der Waals surface area contributed by atoms with Gasteiger partial charge in [-0.3, -0.25) is 0 Å². The monoisotopic (exact) mass is 287 g/mol. The van der Waals surface area contributed by atoms with Gasteiger partial charge >= 0.3 is 0 Å². The van der Waals surface area contributed by atoms with Gasteiger partial charge < -0.3 is 10.4 Å². The van der Waals surface area contributed by atoms with Gasteiger partial charge in [-0.2, -0.15) is 5.10 Å². The summed E-state index contributed by atoms with van der Waals surface area (Å²) in [6.07, 6.45) is 1.81. The highest BCUT2D eigenvalue weighted by atomic mass is 16.3. The molecule has 0 aliphatic carbocycles. The van der Waals surface area contributed by atoms with E-state index in [4.69, 9.17) is 5.11 Å². The summed E-state index contributed by atoms with van der Waals surface area (Å²) >= 11 is 0. The quantitative estimate of drug-likeness (QED) is 0.823. The Bertz CT molecular complexity index is 563. The zero-order chi connectivity index (χ0) is 15.2. The molecule has 114 valence electrons. The Hall–Kier alpha value is -1.65. The molecule has 1 aromatic carbocycles. The van der Waals surface area contributed by atoms with Crippen molar-refractivity contribution in [3.05, 3.63) is 47.3 Å². The second kappa shape index (κ2) is 7.38. The van der Waals surface area contributed by atoms with Crippen molar-refractivity contribution in [2.45, 2.75) is 46.2 Å². The van der Waals surface area contributed by atoms with E-state index in [0.29, 0.717) is 6.04 Å². The van der Waals surface area contributed by atoms with Crippen molar-refractivity contribution < 1.29 is 5.11 Å². The molecule has 0 spiro atoms. The van der Waals surface area contributed by atoms with Crippen LogP contribution in [0.4, 0.5) is 0 Å². The lowest BCUT2D eigenvalue weighted by atomic mass is 10.1. The Kier molecular flexibility index (Phi) is 5.53. The topological polar surface area (TPSA) is 50.1 Å². The Balaban J connectivity index is 2.16. The summed E-state index contributed by atoms with van der Waals surface area (Å²) in [6, 6.07) is 10.6. The van der Waals surface area contributed by atoms with Crippen LogP contribution in [0.3, 0.4) is 0 Å². The summed E-state index contributed by atoms with van der Waals surface area (Å²) in [5.41, 5.74) is 4.56. The van der Waals surface area contributed by atoms with Gasteiger partial charge in [0.15, 0.2) is 0 Å². The van der Waals surface area contributed by atoms with E-state index in [1.807, 2.05) is 22.9 Å². The molecule has 4 nitrogen and oxygen atoms in total. The Morgan fingerprint density at radius 3 is 2.57 bits per heavy atom. The fraction of sp³-hybridized carbons (Fsp3) is 0.471. The number of aliphatic hydroxyl groups excluding tert-OH is 1. The molecule has 0 fully saturated rings. The predicted molar refractivity (Wildman–Crippen MR) is 85.7 cm³/mol. The van der Waals surface area contributed by atoms with Crippen LogP contribution in [0.2, 0.25) is 0 Å². The van der Waals surface area contributed by atoms with Crippen LogP contribution in [0.25, 0.3) is 5.69 Å². The highest BCUT2D eigenvalue weighted by Gasteiger charge is 2.14. The summed E-state index contributed by atoms with van der Waals surface area (Å²) in [7, 11) is 0. The first-order chi connectivity index (χ1) is 10.2. The first kappa shape index (κ1) is 15.7. The summed E-state index contributed by atoms with van der Waals surface area (Å²) < 4.78 is 2.00. The highest BCUT2D eigenvalue weighted by Crippen LogP contribution is 2.18. The third kappa shape index (κ3) is 3.71. The molecule has 2 N–H and O–H groups in total. The lowest BCUT2D eigenvalue weighted by molar-refractivity contribution is 0.262. The molecule has 4 heteroatoms. The third-order valence-electron chi connectivity index (χ3n) is 3.98. The molecule has 0 saturated heterocycles. The zero-order valence-corrected chi connectivity index (χ0v) is 13.1. The number of hydrogen-bond acceptors (Lipinski definition) is 3. The summed E-state index contributed by atoms with van der Waals surface area (Å²) in [4.78, 5) is 0. The van der Waals surface area contributed by atoms with Gasteiger partial charge in [-0.25, -0.2) is 4.68 Å². The van der Waals surface area contributed by atoms with Crippen LogP contribution in [0.15, 0.2) is 30.3 Å². The number of nitrogens with zero attached hydrogens (tertiary/aromatic N) is 2. The lowest BCUT2D eigenvalue weighted by Crippen LogP contribution is -2.29. The second-order valence-corrected chi connectivity index (χ2v) is 5.40. The fourth-order valence-corrected chi connectivity index (χ4v) is 2.60. The number of benzene rings is 1. The van der Waals surface area contributed by atoms with Gasteiger partial charge in [0.2, 0.25) is 0 Å². The predicted octanol–water partition coefficient (Wildman–Crippen LogP) is 2.74. The molecule has 0 radical (unpaired) electrons. The van der Waals surface area contributed by atoms with Crippen molar-refractivity contribution >= 4 is 0 Å². The molecule has 2 aromatic rings. The first-order valence-corrected chi connectivity index (χ1v) is 7.62. The van der Waals surface area contributed by atoms with Crippen LogP contribution in [-0.4, -0.2) is 27.5 Å². The standard InChI is InChI=1S/C17H25N3O/c1-4-15(10-11-21)18-12-17-13(2)19-20(14(17)3)16-8-6-5-7-9-16/h5-9,15,18,21H,4,10-12H2,1-3H3. The molecule has 0 amide bonds. The minimum absolute atomic E-state index is 0.229. The van der Waals surface area contributed by atoms with Crippen molar-refractivity contribution in [2.75, 3.05) is 6.61 Å². The van der Waals surface area contributed by atoms with Gasteiger partial charge in [-0.15, -0.1) is 0 Å². The zero-order valence-electron chi connectivity index (χ0n) is 13.1. The molecular weight excluding hydrogens is 262 g/mol. The molecule has 1 aromatic heterocycles. The molecule has 0 bridgehead atoms. The van der Waals surface area contributed by atoms with Crippen molar-refractivity contribution in [3.63, 3.8) is 0 Å². The van der Waals surface area contributed by atoms with Crippen molar-refractivity contribution in [1.29, 1.82) is 0 Å². The van der Waals surface area contributed by atoms with Gasteiger partial charge in [-0.1, -0.05) is 25.1 Å². The molecule has 2 rings (SSSR count). The Morgan fingerprint density at radius 1 is 1.24 bits per heavy atom. The second-order valence-electron chi connectivity index (χ2n) is 5.40. The maximum atomic E-state index is 9.07.